The minimum absolute atomic E-state index is 0.503. The molecule has 16 heavy (non-hydrogen) atoms. The zero-order valence-corrected chi connectivity index (χ0v) is 10.9. The Hall–Kier alpha value is -0.880. The molecule has 6 heteroatoms. The number of nitrogens with two attached hydrogens (primary N) is 1. The smallest absolute Gasteiger partial charge is 0.148 e. The molecule has 0 atom stereocenters. The highest BCUT2D eigenvalue weighted by Gasteiger charge is 2.19. The van der Waals surface area contributed by atoms with Gasteiger partial charge in [-0.3, -0.25) is 0 Å². The maximum absolute atomic E-state index is 5.75. The first-order valence-corrected chi connectivity index (χ1v) is 6.25. The SMILES string of the molecule is CCN1CCN(c2ncnc(N)c2Br)CC1. The van der Waals surface area contributed by atoms with Crippen molar-refractivity contribution in [1.29, 1.82) is 0 Å². The normalized spacial score (nSPS) is 17.8. The summed E-state index contributed by atoms with van der Waals surface area (Å²) in [5.74, 6) is 1.41. The third-order valence-electron chi connectivity index (χ3n) is 2.92. The van der Waals surface area contributed by atoms with E-state index in [4.69, 9.17) is 5.73 Å². The molecule has 0 spiro atoms. The first-order chi connectivity index (χ1) is 7.72. The van der Waals surface area contributed by atoms with E-state index >= 15 is 0 Å². The Morgan fingerprint density at radius 2 is 2.00 bits per heavy atom. The number of halogens is 1. The summed E-state index contributed by atoms with van der Waals surface area (Å²) in [7, 11) is 0. The van der Waals surface area contributed by atoms with Crippen LogP contribution in [0.1, 0.15) is 6.92 Å². The first-order valence-electron chi connectivity index (χ1n) is 5.45. The molecule has 1 saturated heterocycles. The molecule has 2 heterocycles. The molecular formula is C10H16BrN5. The minimum Gasteiger partial charge on any atom is -0.383 e. The highest BCUT2D eigenvalue weighted by Crippen LogP contribution is 2.27. The summed E-state index contributed by atoms with van der Waals surface area (Å²) in [4.78, 5) is 12.9. The van der Waals surface area contributed by atoms with Crippen LogP contribution in [0.3, 0.4) is 0 Å². The van der Waals surface area contributed by atoms with Gasteiger partial charge in [-0.25, -0.2) is 9.97 Å². The zero-order chi connectivity index (χ0) is 11.5. The quantitative estimate of drug-likeness (QED) is 0.877. The Balaban J connectivity index is 2.11. The van der Waals surface area contributed by atoms with Crippen molar-refractivity contribution >= 4 is 27.6 Å². The molecule has 1 aliphatic heterocycles. The van der Waals surface area contributed by atoms with Crippen molar-refractivity contribution in [2.45, 2.75) is 6.92 Å². The number of hydrogen-bond acceptors (Lipinski definition) is 5. The van der Waals surface area contributed by atoms with Crippen molar-refractivity contribution < 1.29 is 0 Å². The molecule has 1 aromatic rings. The van der Waals surface area contributed by atoms with Gasteiger partial charge in [0.15, 0.2) is 0 Å². The molecule has 0 bridgehead atoms. The highest BCUT2D eigenvalue weighted by molar-refractivity contribution is 9.10. The van der Waals surface area contributed by atoms with E-state index in [1.807, 2.05) is 0 Å². The molecule has 5 nitrogen and oxygen atoms in total. The van der Waals surface area contributed by atoms with Gasteiger partial charge in [0.25, 0.3) is 0 Å². The van der Waals surface area contributed by atoms with E-state index < -0.39 is 0 Å². The van der Waals surface area contributed by atoms with Crippen molar-refractivity contribution in [2.24, 2.45) is 0 Å². The Bertz CT molecular complexity index is 362. The van der Waals surface area contributed by atoms with Gasteiger partial charge in [0, 0.05) is 26.2 Å². The molecule has 0 amide bonds. The number of nitrogens with zero attached hydrogens (tertiary/aromatic N) is 4. The van der Waals surface area contributed by atoms with E-state index in [9.17, 15) is 0 Å². The van der Waals surface area contributed by atoms with Gasteiger partial charge < -0.3 is 15.5 Å². The summed E-state index contributed by atoms with van der Waals surface area (Å²) in [6.45, 7) is 7.43. The molecule has 0 radical (unpaired) electrons. The molecular weight excluding hydrogens is 270 g/mol. The van der Waals surface area contributed by atoms with Gasteiger partial charge in [-0.05, 0) is 22.5 Å². The largest absolute Gasteiger partial charge is 0.383 e. The summed E-state index contributed by atoms with van der Waals surface area (Å²) in [5.41, 5.74) is 5.75. The Labute approximate surface area is 104 Å². The third kappa shape index (κ3) is 2.27. The van der Waals surface area contributed by atoms with Crippen LogP contribution < -0.4 is 10.6 Å². The molecule has 2 rings (SSSR count). The van der Waals surface area contributed by atoms with Crippen molar-refractivity contribution in [3.8, 4) is 0 Å². The van der Waals surface area contributed by atoms with Crippen molar-refractivity contribution in [1.82, 2.24) is 14.9 Å². The van der Waals surface area contributed by atoms with E-state index in [0.717, 1.165) is 43.0 Å². The van der Waals surface area contributed by atoms with Crippen molar-refractivity contribution in [3.63, 3.8) is 0 Å². The van der Waals surface area contributed by atoms with E-state index in [0.29, 0.717) is 5.82 Å². The lowest BCUT2D eigenvalue weighted by Crippen LogP contribution is -2.46. The molecule has 0 aliphatic carbocycles. The average Bonchev–Trinajstić information content (AvgIpc) is 2.33. The van der Waals surface area contributed by atoms with Crippen LogP contribution in [0.4, 0.5) is 11.6 Å². The van der Waals surface area contributed by atoms with E-state index in [1.165, 1.54) is 6.33 Å². The maximum Gasteiger partial charge on any atom is 0.148 e. The number of hydrogen-bond donors (Lipinski definition) is 1. The van der Waals surface area contributed by atoms with Gasteiger partial charge in [0.1, 0.15) is 22.4 Å². The molecule has 88 valence electrons. The number of rotatable bonds is 2. The summed E-state index contributed by atoms with van der Waals surface area (Å²) < 4.78 is 0.806. The molecule has 1 aliphatic rings. The van der Waals surface area contributed by atoms with E-state index in [2.05, 4.69) is 42.6 Å². The number of nitrogen functional groups attached to an aromatic ring is 1. The maximum atomic E-state index is 5.75. The molecule has 0 saturated carbocycles. The number of aromatic nitrogens is 2. The predicted octanol–water partition coefficient (Wildman–Crippen LogP) is 0.963. The molecule has 0 aromatic carbocycles. The van der Waals surface area contributed by atoms with Crippen molar-refractivity contribution in [2.75, 3.05) is 43.4 Å². The molecule has 2 N–H and O–H groups in total. The van der Waals surface area contributed by atoms with Crippen LogP contribution in [0.15, 0.2) is 10.8 Å². The zero-order valence-electron chi connectivity index (χ0n) is 9.36. The van der Waals surface area contributed by atoms with Crippen LogP contribution in [0, 0.1) is 0 Å². The fourth-order valence-electron chi connectivity index (χ4n) is 1.87. The number of piperazine rings is 1. The monoisotopic (exact) mass is 285 g/mol. The van der Waals surface area contributed by atoms with Crippen LogP contribution >= 0.6 is 15.9 Å². The highest BCUT2D eigenvalue weighted by atomic mass is 79.9. The average molecular weight is 286 g/mol. The van der Waals surface area contributed by atoms with Gasteiger partial charge in [-0.15, -0.1) is 0 Å². The predicted molar refractivity (Wildman–Crippen MR) is 68.5 cm³/mol. The van der Waals surface area contributed by atoms with Crippen LogP contribution in [0.25, 0.3) is 0 Å². The second kappa shape index (κ2) is 4.97. The van der Waals surface area contributed by atoms with Gasteiger partial charge in [-0.2, -0.15) is 0 Å². The Morgan fingerprint density at radius 1 is 1.31 bits per heavy atom. The lowest BCUT2D eigenvalue weighted by molar-refractivity contribution is 0.270. The van der Waals surface area contributed by atoms with Crippen LogP contribution in [0.2, 0.25) is 0 Å². The van der Waals surface area contributed by atoms with Gasteiger partial charge in [-0.1, -0.05) is 6.92 Å². The third-order valence-corrected chi connectivity index (χ3v) is 3.68. The summed E-state index contributed by atoms with van der Waals surface area (Å²) in [6.07, 6.45) is 1.52. The Morgan fingerprint density at radius 3 is 2.62 bits per heavy atom. The fourth-order valence-corrected chi connectivity index (χ4v) is 2.33. The van der Waals surface area contributed by atoms with Gasteiger partial charge in [0.2, 0.25) is 0 Å². The summed E-state index contributed by atoms with van der Waals surface area (Å²) in [6, 6.07) is 0. The molecule has 0 unspecified atom stereocenters. The van der Waals surface area contributed by atoms with E-state index in [-0.39, 0.29) is 0 Å². The lowest BCUT2D eigenvalue weighted by Gasteiger charge is -2.35. The van der Waals surface area contributed by atoms with Crippen molar-refractivity contribution in [3.05, 3.63) is 10.8 Å². The van der Waals surface area contributed by atoms with E-state index in [1.54, 1.807) is 0 Å². The fraction of sp³-hybridized carbons (Fsp3) is 0.600. The summed E-state index contributed by atoms with van der Waals surface area (Å²) in [5, 5.41) is 0. The molecule has 1 aromatic heterocycles. The first kappa shape index (κ1) is 11.6. The van der Waals surface area contributed by atoms with Crippen LogP contribution in [-0.2, 0) is 0 Å². The minimum atomic E-state index is 0.503. The topological polar surface area (TPSA) is 58.3 Å². The summed E-state index contributed by atoms with van der Waals surface area (Å²) >= 11 is 3.44. The van der Waals surface area contributed by atoms with Crippen LogP contribution in [-0.4, -0.2) is 47.6 Å². The Kier molecular flexibility index (Phi) is 3.60. The number of likely N-dealkylation sites (N-methyl/N-ethyl adjacent to an activating group) is 1. The van der Waals surface area contributed by atoms with Gasteiger partial charge >= 0.3 is 0 Å². The van der Waals surface area contributed by atoms with Gasteiger partial charge in [0.05, 0.1) is 0 Å². The second-order valence-corrected chi connectivity index (χ2v) is 4.61. The standard InChI is InChI=1S/C10H16BrN5/c1-2-15-3-5-16(6-4-15)10-8(11)9(12)13-7-14-10/h7H,2-6H2,1H3,(H2,12,13,14). The molecule has 1 fully saturated rings. The number of anilines is 2. The second-order valence-electron chi connectivity index (χ2n) is 3.82. The van der Waals surface area contributed by atoms with Crippen LogP contribution in [0.5, 0.6) is 0 Å². The lowest BCUT2D eigenvalue weighted by atomic mass is 10.3.